The standard InChI is InChI=1S/C19H17ClN2O3S/c1-12(20)11-26-19-21-15-7-5-4-6-14(15)18(23)22(19)13-8-9-16(24-2)17(10-13)25-3/h4-10H,1,11H2,2-3H3. The Hall–Kier alpha value is -2.44. The maximum absolute atomic E-state index is 13.1. The lowest BCUT2D eigenvalue weighted by atomic mass is 10.2. The number of hydrogen-bond donors (Lipinski definition) is 0. The van der Waals surface area contributed by atoms with Crippen LogP contribution in [0.4, 0.5) is 0 Å². The third-order valence-corrected chi connectivity index (χ3v) is 5.05. The molecule has 0 saturated heterocycles. The highest BCUT2D eigenvalue weighted by Crippen LogP contribution is 2.31. The molecule has 1 heterocycles. The Morgan fingerprint density at radius 2 is 1.92 bits per heavy atom. The summed E-state index contributed by atoms with van der Waals surface area (Å²) in [6.45, 7) is 3.70. The first-order valence-corrected chi connectivity index (χ1v) is 9.11. The summed E-state index contributed by atoms with van der Waals surface area (Å²) in [6.07, 6.45) is 0. The lowest BCUT2D eigenvalue weighted by Crippen LogP contribution is -2.22. The van der Waals surface area contributed by atoms with E-state index < -0.39 is 0 Å². The monoisotopic (exact) mass is 388 g/mol. The fraction of sp³-hybridized carbons (Fsp3) is 0.158. The maximum atomic E-state index is 13.1. The van der Waals surface area contributed by atoms with Crippen LogP contribution in [0.1, 0.15) is 0 Å². The van der Waals surface area contributed by atoms with E-state index in [1.807, 2.05) is 18.2 Å². The van der Waals surface area contributed by atoms with Crippen molar-refractivity contribution in [3.8, 4) is 17.2 Å². The van der Waals surface area contributed by atoms with Crippen LogP contribution in [0.3, 0.4) is 0 Å². The first-order chi connectivity index (χ1) is 12.5. The number of methoxy groups -OCH3 is 2. The Kier molecular flexibility index (Phi) is 5.54. The van der Waals surface area contributed by atoms with Crippen LogP contribution in [0.15, 0.2) is 64.0 Å². The van der Waals surface area contributed by atoms with Gasteiger partial charge in [-0.2, -0.15) is 0 Å². The number of nitrogens with zero attached hydrogens (tertiary/aromatic N) is 2. The maximum Gasteiger partial charge on any atom is 0.266 e. The smallest absolute Gasteiger partial charge is 0.266 e. The molecule has 2 aromatic carbocycles. The first kappa shape index (κ1) is 18.4. The molecule has 7 heteroatoms. The Balaban J connectivity index is 2.25. The van der Waals surface area contributed by atoms with Gasteiger partial charge in [0.05, 0.1) is 30.8 Å². The molecule has 3 aromatic rings. The predicted molar refractivity (Wildman–Crippen MR) is 106 cm³/mol. The SMILES string of the molecule is C=C(Cl)CSc1nc2ccccc2c(=O)n1-c1ccc(OC)c(OC)c1. The molecule has 0 unspecified atom stereocenters. The van der Waals surface area contributed by atoms with Gasteiger partial charge in [0, 0.05) is 16.9 Å². The van der Waals surface area contributed by atoms with Gasteiger partial charge in [-0.1, -0.05) is 42.1 Å². The second-order valence-electron chi connectivity index (χ2n) is 5.40. The predicted octanol–water partition coefficient (Wildman–Crippen LogP) is 4.25. The van der Waals surface area contributed by atoms with Crippen molar-refractivity contribution in [1.29, 1.82) is 0 Å². The van der Waals surface area contributed by atoms with Crippen molar-refractivity contribution in [2.45, 2.75) is 5.16 Å². The van der Waals surface area contributed by atoms with Crippen LogP contribution in [0.5, 0.6) is 11.5 Å². The van der Waals surface area contributed by atoms with Crippen LogP contribution in [-0.2, 0) is 0 Å². The number of aromatic nitrogens is 2. The topological polar surface area (TPSA) is 53.4 Å². The number of hydrogen-bond acceptors (Lipinski definition) is 5. The van der Waals surface area contributed by atoms with Crippen LogP contribution in [0, 0.1) is 0 Å². The average Bonchev–Trinajstić information content (AvgIpc) is 2.66. The van der Waals surface area contributed by atoms with Crippen LogP contribution in [-0.4, -0.2) is 29.5 Å². The fourth-order valence-corrected chi connectivity index (χ4v) is 3.47. The van der Waals surface area contributed by atoms with Gasteiger partial charge in [0.2, 0.25) is 0 Å². The van der Waals surface area contributed by atoms with Gasteiger partial charge >= 0.3 is 0 Å². The number of halogens is 1. The molecule has 0 bridgehead atoms. The van der Waals surface area contributed by atoms with Crippen molar-refractivity contribution in [3.05, 3.63) is 64.4 Å². The van der Waals surface area contributed by atoms with Crippen LogP contribution < -0.4 is 15.0 Å². The molecule has 5 nitrogen and oxygen atoms in total. The average molecular weight is 389 g/mol. The molecule has 0 N–H and O–H groups in total. The largest absolute Gasteiger partial charge is 0.493 e. The highest BCUT2D eigenvalue weighted by Gasteiger charge is 2.15. The third kappa shape index (κ3) is 3.57. The molecule has 0 atom stereocenters. The summed E-state index contributed by atoms with van der Waals surface area (Å²) in [5.41, 5.74) is 1.11. The molecule has 0 radical (unpaired) electrons. The zero-order chi connectivity index (χ0) is 18.7. The van der Waals surface area contributed by atoms with Crippen LogP contribution in [0.25, 0.3) is 16.6 Å². The van der Waals surface area contributed by atoms with Crippen molar-refractivity contribution in [1.82, 2.24) is 9.55 Å². The Labute approximate surface area is 160 Å². The summed E-state index contributed by atoms with van der Waals surface area (Å²) < 4.78 is 12.2. The molecular formula is C19H17ClN2O3S. The van der Waals surface area contributed by atoms with Gasteiger partial charge in [-0.15, -0.1) is 0 Å². The van der Waals surface area contributed by atoms with Crippen molar-refractivity contribution < 1.29 is 9.47 Å². The van der Waals surface area contributed by atoms with Crippen LogP contribution >= 0.6 is 23.4 Å². The van der Waals surface area contributed by atoms with E-state index in [1.165, 1.54) is 11.8 Å². The number of ether oxygens (including phenoxy) is 2. The van der Waals surface area contributed by atoms with Gasteiger partial charge in [-0.25, -0.2) is 4.98 Å². The molecule has 134 valence electrons. The van der Waals surface area contributed by atoms with E-state index in [1.54, 1.807) is 43.1 Å². The summed E-state index contributed by atoms with van der Waals surface area (Å²) in [6, 6.07) is 12.5. The number of benzene rings is 2. The van der Waals surface area contributed by atoms with E-state index in [2.05, 4.69) is 11.6 Å². The van der Waals surface area contributed by atoms with E-state index >= 15 is 0 Å². The van der Waals surface area contributed by atoms with Gasteiger partial charge in [-0.05, 0) is 24.3 Å². The zero-order valence-corrected chi connectivity index (χ0v) is 15.9. The molecule has 0 saturated carbocycles. The number of fused-ring (bicyclic) bond motifs is 1. The van der Waals surface area contributed by atoms with Crippen LogP contribution in [0.2, 0.25) is 0 Å². The van der Waals surface area contributed by atoms with Gasteiger partial charge in [0.15, 0.2) is 16.7 Å². The molecule has 0 aliphatic carbocycles. The summed E-state index contributed by atoms with van der Waals surface area (Å²) in [7, 11) is 3.12. The van der Waals surface area contributed by atoms with Crippen molar-refractivity contribution in [3.63, 3.8) is 0 Å². The third-order valence-electron chi connectivity index (χ3n) is 3.73. The lowest BCUT2D eigenvalue weighted by molar-refractivity contribution is 0.354. The fourth-order valence-electron chi connectivity index (χ4n) is 2.54. The van der Waals surface area contributed by atoms with E-state index in [0.717, 1.165) is 0 Å². The van der Waals surface area contributed by atoms with E-state index in [0.29, 0.717) is 44.0 Å². The zero-order valence-electron chi connectivity index (χ0n) is 14.4. The van der Waals surface area contributed by atoms with Gasteiger partial charge in [0.1, 0.15) is 0 Å². The molecule has 26 heavy (non-hydrogen) atoms. The minimum Gasteiger partial charge on any atom is -0.493 e. The van der Waals surface area contributed by atoms with Gasteiger partial charge in [0.25, 0.3) is 5.56 Å². The number of rotatable bonds is 6. The highest BCUT2D eigenvalue weighted by atomic mass is 35.5. The summed E-state index contributed by atoms with van der Waals surface area (Å²) in [5, 5.41) is 1.55. The first-order valence-electron chi connectivity index (χ1n) is 7.75. The molecule has 1 aromatic heterocycles. The molecule has 3 rings (SSSR count). The van der Waals surface area contributed by atoms with E-state index in [4.69, 9.17) is 21.1 Å². The molecule has 0 amide bonds. The van der Waals surface area contributed by atoms with Crippen molar-refractivity contribution >= 4 is 34.3 Å². The Morgan fingerprint density at radius 3 is 2.62 bits per heavy atom. The highest BCUT2D eigenvalue weighted by molar-refractivity contribution is 7.99. The second kappa shape index (κ2) is 7.85. The molecule has 0 spiro atoms. The minimum atomic E-state index is -0.162. The lowest BCUT2D eigenvalue weighted by Gasteiger charge is -2.15. The summed E-state index contributed by atoms with van der Waals surface area (Å²) >= 11 is 7.26. The van der Waals surface area contributed by atoms with Gasteiger partial charge < -0.3 is 9.47 Å². The van der Waals surface area contributed by atoms with Crippen molar-refractivity contribution in [2.24, 2.45) is 0 Å². The second-order valence-corrected chi connectivity index (χ2v) is 6.87. The van der Waals surface area contributed by atoms with E-state index in [9.17, 15) is 4.79 Å². The number of para-hydroxylation sites is 1. The Morgan fingerprint density at radius 1 is 1.19 bits per heavy atom. The van der Waals surface area contributed by atoms with E-state index in [-0.39, 0.29) is 5.56 Å². The normalized spacial score (nSPS) is 10.7. The number of thioether (sulfide) groups is 1. The summed E-state index contributed by atoms with van der Waals surface area (Å²) in [4.78, 5) is 17.8. The molecule has 0 fully saturated rings. The molecule has 0 aliphatic rings. The van der Waals surface area contributed by atoms with Gasteiger partial charge in [-0.3, -0.25) is 9.36 Å². The molecular weight excluding hydrogens is 372 g/mol. The molecule has 0 aliphatic heterocycles. The summed E-state index contributed by atoms with van der Waals surface area (Å²) in [5.74, 6) is 1.56. The Bertz CT molecular complexity index is 1030. The quantitative estimate of drug-likeness (QED) is 0.466. The van der Waals surface area contributed by atoms with Crippen molar-refractivity contribution in [2.75, 3.05) is 20.0 Å². The minimum absolute atomic E-state index is 0.162.